The first kappa shape index (κ1) is 118. The maximum atomic E-state index is 14.2. The Balaban J connectivity index is 6.35. The van der Waals surface area contributed by atoms with Crippen LogP contribution in [0.5, 0.6) is 0 Å². The lowest BCUT2D eigenvalue weighted by atomic mass is 10.0. The van der Waals surface area contributed by atoms with Gasteiger partial charge >= 0.3 is 59.8 Å². The number of carbonyl (C=O) groups excluding carboxylic acids is 5. The van der Waals surface area contributed by atoms with Crippen molar-refractivity contribution >= 4 is 59.8 Å². The third kappa shape index (κ3) is 80.7. The number of carboxylic acids is 5. The Morgan fingerprint density at radius 1 is 0.282 bits per heavy atom. The molecule has 0 heterocycles. The number of nitrogens with one attached hydrogen (secondary N) is 2. The summed E-state index contributed by atoms with van der Waals surface area (Å²) in [5.74, 6) is -8.47. The van der Waals surface area contributed by atoms with Gasteiger partial charge in [0.05, 0.1) is 72.4 Å². The molecule has 0 saturated carbocycles. The molecular formula is C95H177N5O24. The van der Waals surface area contributed by atoms with Gasteiger partial charge in [0.2, 0.25) is 0 Å². The van der Waals surface area contributed by atoms with Crippen LogP contribution in [0.4, 0.5) is 4.79 Å². The average molecular weight is 1770 g/mol. The second kappa shape index (κ2) is 89.2. The monoisotopic (exact) mass is 1770 g/mol. The molecule has 7 N–H and O–H groups in total. The average Bonchev–Trinajstić information content (AvgIpc) is 1.04. The van der Waals surface area contributed by atoms with Gasteiger partial charge in [-0.2, -0.15) is 0 Å². The summed E-state index contributed by atoms with van der Waals surface area (Å²) in [4.78, 5) is 131. The van der Waals surface area contributed by atoms with Crippen molar-refractivity contribution < 1.29 is 116 Å². The number of hydrogen-bond donors (Lipinski definition) is 7. The number of esters is 4. The minimum atomic E-state index is -1.30. The molecule has 0 bridgehead atoms. The van der Waals surface area contributed by atoms with Gasteiger partial charge in [-0.3, -0.25) is 57.9 Å². The molecule has 0 aliphatic rings. The molecule has 0 spiro atoms. The van der Waals surface area contributed by atoms with E-state index in [0.29, 0.717) is 51.7 Å². The Kier molecular flexibility index (Phi) is 85.0. The number of carboxylic acid groups (broad SMARTS) is 5. The first-order valence-corrected chi connectivity index (χ1v) is 49.2. The van der Waals surface area contributed by atoms with Crippen LogP contribution in [0.25, 0.3) is 0 Å². The molecule has 0 aromatic heterocycles. The van der Waals surface area contributed by atoms with E-state index >= 15 is 0 Å². The topological polar surface area (TPSA) is 389 Å². The molecule has 0 aromatic rings. The van der Waals surface area contributed by atoms with Gasteiger partial charge in [0, 0.05) is 78.2 Å². The highest BCUT2D eigenvalue weighted by atomic mass is 16.6. The zero-order valence-electron chi connectivity index (χ0n) is 78.1. The predicted octanol–water partition coefficient (Wildman–Crippen LogP) is 18.3. The van der Waals surface area contributed by atoms with Gasteiger partial charge in [-0.25, -0.2) is 4.79 Å². The highest BCUT2D eigenvalue weighted by molar-refractivity contribution is 5.75. The normalized spacial score (nSPS) is 12.5. The molecule has 0 saturated heterocycles. The summed E-state index contributed by atoms with van der Waals surface area (Å²) in [6, 6.07) is -1.71. The van der Waals surface area contributed by atoms with Crippen molar-refractivity contribution in [3.63, 3.8) is 0 Å². The molecule has 4 unspecified atom stereocenters. The molecule has 29 nitrogen and oxygen atoms in total. The van der Waals surface area contributed by atoms with Crippen molar-refractivity contribution in [3.8, 4) is 0 Å². The highest BCUT2D eigenvalue weighted by Crippen LogP contribution is 2.23. The Morgan fingerprint density at radius 2 is 0.556 bits per heavy atom. The zero-order chi connectivity index (χ0) is 91.0. The van der Waals surface area contributed by atoms with Crippen molar-refractivity contribution in [1.29, 1.82) is 0 Å². The van der Waals surface area contributed by atoms with Crippen LogP contribution in [-0.2, 0) is 85.8 Å². The molecule has 0 aliphatic heterocycles. The highest BCUT2D eigenvalue weighted by Gasteiger charge is 2.38. The van der Waals surface area contributed by atoms with Crippen LogP contribution in [0.2, 0.25) is 0 Å². The number of urea groups is 1. The van der Waals surface area contributed by atoms with Crippen LogP contribution in [-0.4, -0.2) is 262 Å². The largest absolute Gasteiger partial charge is 0.480 e. The molecule has 0 rings (SSSR count). The van der Waals surface area contributed by atoms with E-state index in [9.17, 15) is 73.5 Å². The van der Waals surface area contributed by atoms with Gasteiger partial charge in [-0.15, -0.1) is 0 Å². The molecule has 124 heavy (non-hydrogen) atoms. The number of rotatable bonds is 98. The summed E-state index contributed by atoms with van der Waals surface area (Å²) in [7, 11) is 0. The minimum absolute atomic E-state index is 0.0206. The molecule has 0 aliphatic carbocycles. The number of unbranched alkanes of at least 4 members (excludes halogenated alkanes) is 45. The van der Waals surface area contributed by atoms with Gasteiger partial charge in [-0.05, 0) is 57.8 Å². The van der Waals surface area contributed by atoms with Crippen molar-refractivity contribution in [3.05, 3.63) is 0 Å². The van der Waals surface area contributed by atoms with E-state index in [4.69, 9.17) is 42.6 Å². The van der Waals surface area contributed by atoms with Gasteiger partial charge in [0.25, 0.3) is 0 Å². The number of hydrogen-bond acceptors (Lipinski definition) is 22. The van der Waals surface area contributed by atoms with Crippen LogP contribution < -0.4 is 10.6 Å². The summed E-state index contributed by atoms with van der Waals surface area (Å²) >= 11 is 0. The molecule has 0 aromatic carbocycles. The van der Waals surface area contributed by atoms with E-state index in [0.717, 1.165) is 93.3 Å². The molecule has 29 heteroatoms. The number of carbonyl (C=O) groups is 10. The first-order valence-electron chi connectivity index (χ1n) is 49.2. The first-order chi connectivity index (χ1) is 60.3. The maximum absolute atomic E-state index is 14.2. The fourth-order valence-electron chi connectivity index (χ4n) is 14.9. The smallest absolute Gasteiger partial charge is 0.320 e. The quantitative estimate of drug-likeness (QED) is 0.0169. The van der Waals surface area contributed by atoms with Crippen molar-refractivity contribution in [2.24, 2.45) is 0 Å². The Bertz CT molecular complexity index is 2410. The SMILES string of the molecule is CCCCCCCCCCCCCCCC(=O)OCC(OC(=O)CCCCCCCCCCCCCCC)C(OCCOCCOCCOCCNC(=O)NCCCCC(C(=O)O)N(CCN(CC(=O)O)CC(=O)O)CCN(CC(=O)O)CC(=O)O)C(COC(=O)CCCCOCCCCCCCCCC)OC(=O)CCCCCCCCCCCCCCC. The maximum Gasteiger partial charge on any atom is 0.320 e. The van der Waals surface area contributed by atoms with Crippen LogP contribution in [0.15, 0.2) is 0 Å². The standard InChI is InChI=1S/C95H177N5O24/c1-5-9-13-17-21-25-28-31-34-37-40-44-48-57-89(109)121-80-83(123-91(111)59-49-45-41-38-35-32-29-26-22-18-14-10-6-2)93(84(124-92(112)60-50-46-42-39-36-33-30-27-23-19-15-11-7-3)81-122-90(110)58-52-55-68-116-67-54-47-43-24-20-16-12-8-4)120-75-74-119-73-72-118-71-70-117-69-62-97-95(115)96-61-53-51-56-82(94(113)114)100(65-63-98(76-85(101)102)77-86(103)104)66-64-99(78-87(105)106)79-88(107)108/h82-84,93H,5-81H2,1-4H3,(H,101,102)(H,103,104)(H,105,106)(H,107,108)(H,113,114)(H2,96,97,115). The summed E-state index contributed by atoms with van der Waals surface area (Å²) in [5, 5.41) is 53.1. The molecule has 4 atom stereocenters. The van der Waals surface area contributed by atoms with Gasteiger partial charge in [0.15, 0.2) is 12.2 Å². The van der Waals surface area contributed by atoms with Crippen molar-refractivity contribution in [2.45, 2.75) is 412 Å². The third-order valence-electron chi connectivity index (χ3n) is 22.2. The fourth-order valence-corrected chi connectivity index (χ4v) is 14.9. The zero-order valence-corrected chi connectivity index (χ0v) is 78.1. The number of amides is 2. The lowest BCUT2D eigenvalue weighted by Gasteiger charge is -2.32. The van der Waals surface area contributed by atoms with E-state index < -0.39 is 124 Å². The van der Waals surface area contributed by atoms with E-state index in [1.54, 1.807) is 0 Å². The number of ether oxygens (including phenoxy) is 9. The summed E-state index contributed by atoms with van der Waals surface area (Å²) in [5.41, 5.74) is 0. The molecular weight excluding hydrogens is 1600 g/mol. The summed E-state index contributed by atoms with van der Waals surface area (Å²) < 4.78 is 54.5. The van der Waals surface area contributed by atoms with Crippen molar-refractivity contribution in [2.75, 3.05) is 138 Å². The van der Waals surface area contributed by atoms with E-state index in [1.165, 1.54) is 204 Å². The number of nitrogens with zero attached hydrogens (tertiary/aromatic N) is 3. The van der Waals surface area contributed by atoms with Crippen LogP contribution >= 0.6 is 0 Å². The predicted molar refractivity (Wildman–Crippen MR) is 484 cm³/mol. The Morgan fingerprint density at radius 3 is 0.887 bits per heavy atom. The third-order valence-corrected chi connectivity index (χ3v) is 22.2. The van der Waals surface area contributed by atoms with Crippen LogP contribution in [0.3, 0.4) is 0 Å². The Hall–Kier alpha value is -5.82. The lowest BCUT2D eigenvalue weighted by Crippen LogP contribution is -2.50. The van der Waals surface area contributed by atoms with Crippen LogP contribution in [0.1, 0.15) is 387 Å². The summed E-state index contributed by atoms with van der Waals surface area (Å²) in [6.07, 6.45) is 52.8. The van der Waals surface area contributed by atoms with E-state index in [2.05, 4.69) is 38.3 Å². The van der Waals surface area contributed by atoms with Gasteiger partial charge < -0.3 is 78.8 Å². The summed E-state index contributed by atoms with van der Waals surface area (Å²) in [6.45, 7) is 7.19. The second-order valence-electron chi connectivity index (χ2n) is 33.7. The van der Waals surface area contributed by atoms with E-state index in [-0.39, 0.29) is 124 Å². The molecule has 2 amide bonds. The molecule has 726 valence electrons. The Labute approximate surface area is 747 Å². The minimum Gasteiger partial charge on any atom is -0.480 e. The van der Waals surface area contributed by atoms with E-state index in [1.807, 2.05) is 0 Å². The molecule has 0 radical (unpaired) electrons. The van der Waals surface area contributed by atoms with Gasteiger partial charge in [0.1, 0.15) is 25.4 Å². The molecule has 0 fully saturated rings. The second-order valence-corrected chi connectivity index (χ2v) is 33.7. The van der Waals surface area contributed by atoms with Gasteiger partial charge in [-0.1, -0.05) is 304 Å². The number of aliphatic carboxylic acids is 5. The fraction of sp³-hybridized carbons (Fsp3) is 0.895. The van der Waals surface area contributed by atoms with Crippen molar-refractivity contribution in [1.82, 2.24) is 25.3 Å². The van der Waals surface area contributed by atoms with Crippen LogP contribution in [0, 0.1) is 0 Å². The lowest BCUT2D eigenvalue weighted by molar-refractivity contribution is -0.194.